The summed E-state index contributed by atoms with van der Waals surface area (Å²) in [6.45, 7) is 0.905. The number of imide groups is 1. The molecule has 0 spiro atoms. The van der Waals surface area contributed by atoms with Gasteiger partial charge in [0.1, 0.15) is 6.04 Å². The highest BCUT2D eigenvalue weighted by atomic mass is 35.5. The van der Waals surface area contributed by atoms with E-state index in [1.54, 1.807) is 0 Å². The second kappa shape index (κ2) is 7.86. The van der Waals surface area contributed by atoms with E-state index in [1.807, 2.05) is 0 Å². The number of nitrogens with one attached hydrogen (secondary N) is 1. The number of hydrogen-bond acceptors (Lipinski definition) is 5. The fraction of sp³-hybridized carbons (Fsp3) is 0.444. The monoisotopic (exact) mass is 412 g/mol. The molecule has 1 aliphatic heterocycles. The minimum absolute atomic E-state index is 0.0769. The van der Waals surface area contributed by atoms with Crippen molar-refractivity contribution < 1.29 is 23.9 Å². The van der Waals surface area contributed by atoms with Gasteiger partial charge in [-0.15, -0.1) is 0 Å². The Bertz CT molecular complexity index is 779. The normalized spacial score (nSPS) is 17.8. The molecule has 1 aromatic rings. The van der Waals surface area contributed by atoms with Crippen LogP contribution in [0.3, 0.4) is 0 Å². The highest BCUT2D eigenvalue weighted by Gasteiger charge is 2.42. The van der Waals surface area contributed by atoms with Crippen molar-refractivity contribution in [3.8, 4) is 0 Å². The molecule has 0 radical (unpaired) electrons. The third kappa shape index (κ3) is 3.94. The van der Waals surface area contributed by atoms with Crippen molar-refractivity contribution in [3.63, 3.8) is 0 Å². The number of ether oxygens (including phenoxy) is 1. The van der Waals surface area contributed by atoms with E-state index in [0.717, 1.165) is 30.6 Å². The molecule has 3 amide bonds. The van der Waals surface area contributed by atoms with Crippen LogP contribution in [0.5, 0.6) is 0 Å². The van der Waals surface area contributed by atoms with Crippen molar-refractivity contribution in [2.45, 2.75) is 44.7 Å². The van der Waals surface area contributed by atoms with E-state index in [0.29, 0.717) is 0 Å². The van der Waals surface area contributed by atoms with Crippen molar-refractivity contribution in [3.05, 3.63) is 33.3 Å². The minimum atomic E-state index is -1.19. The van der Waals surface area contributed by atoms with Crippen molar-refractivity contribution in [1.82, 2.24) is 10.2 Å². The van der Waals surface area contributed by atoms with Gasteiger partial charge < -0.3 is 10.1 Å². The zero-order chi connectivity index (χ0) is 19.7. The Morgan fingerprint density at radius 2 is 1.67 bits per heavy atom. The molecule has 1 aromatic carbocycles. The summed E-state index contributed by atoms with van der Waals surface area (Å²) in [4.78, 5) is 49.9. The number of benzene rings is 1. The fourth-order valence-corrected chi connectivity index (χ4v) is 3.63. The van der Waals surface area contributed by atoms with E-state index >= 15 is 0 Å². The molecule has 1 heterocycles. The van der Waals surface area contributed by atoms with Crippen LogP contribution in [0.15, 0.2) is 12.1 Å². The van der Waals surface area contributed by atoms with Crippen LogP contribution in [0, 0.1) is 0 Å². The number of halogens is 2. The Morgan fingerprint density at radius 1 is 1.15 bits per heavy atom. The van der Waals surface area contributed by atoms with Gasteiger partial charge in [0, 0.05) is 6.04 Å². The Hall–Kier alpha value is -2.12. The summed E-state index contributed by atoms with van der Waals surface area (Å²) in [5.74, 6) is -2.56. The number of esters is 1. The molecule has 0 saturated heterocycles. The maximum atomic E-state index is 12.5. The third-order valence-electron chi connectivity index (χ3n) is 4.75. The van der Waals surface area contributed by atoms with E-state index < -0.39 is 36.3 Å². The Morgan fingerprint density at radius 3 is 2.19 bits per heavy atom. The lowest BCUT2D eigenvalue weighted by atomic mass is 10.1. The molecule has 27 heavy (non-hydrogen) atoms. The van der Waals surface area contributed by atoms with Gasteiger partial charge in [-0.3, -0.25) is 19.3 Å². The number of carbonyl (C=O) groups excluding carboxylic acids is 4. The van der Waals surface area contributed by atoms with E-state index in [9.17, 15) is 19.2 Å². The second-order valence-electron chi connectivity index (χ2n) is 6.62. The lowest BCUT2D eigenvalue weighted by Gasteiger charge is -2.21. The van der Waals surface area contributed by atoms with Crippen LogP contribution < -0.4 is 5.32 Å². The minimum Gasteiger partial charge on any atom is -0.454 e. The summed E-state index contributed by atoms with van der Waals surface area (Å²) in [5.41, 5.74) is 0.154. The molecule has 0 unspecified atom stereocenters. The Kier molecular flexibility index (Phi) is 5.72. The quantitative estimate of drug-likeness (QED) is 0.592. The number of hydrogen-bond donors (Lipinski definition) is 1. The summed E-state index contributed by atoms with van der Waals surface area (Å²) in [5, 5.41) is 3.07. The van der Waals surface area contributed by atoms with Gasteiger partial charge in [-0.2, -0.15) is 0 Å². The largest absolute Gasteiger partial charge is 0.454 e. The molecule has 1 fully saturated rings. The average Bonchev–Trinajstić information content (AvgIpc) is 3.21. The van der Waals surface area contributed by atoms with E-state index in [1.165, 1.54) is 19.1 Å². The van der Waals surface area contributed by atoms with Gasteiger partial charge in [-0.05, 0) is 31.9 Å². The van der Waals surface area contributed by atoms with Crippen molar-refractivity contribution in [1.29, 1.82) is 0 Å². The van der Waals surface area contributed by atoms with Gasteiger partial charge in [0.25, 0.3) is 17.7 Å². The molecule has 144 valence electrons. The lowest BCUT2D eigenvalue weighted by Crippen LogP contribution is -2.45. The molecule has 2 aliphatic rings. The van der Waals surface area contributed by atoms with E-state index in [-0.39, 0.29) is 27.2 Å². The Balaban J connectivity index is 1.62. The maximum absolute atomic E-state index is 12.5. The Labute approximate surface area is 165 Å². The smallest absolute Gasteiger partial charge is 0.329 e. The third-order valence-corrected chi connectivity index (χ3v) is 5.48. The number of fused-ring (bicyclic) bond motifs is 1. The van der Waals surface area contributed by atoms with Crippen molar-refractivity contribution in [2.75, 3.05) is 6.61 Å². The molecule has 9 heteroatoms. The molecule has 0 bridgehead atoms. The zero-order valence-electron chi connectivity index (χ0n) is 14.6. The zero-order valence-corrected chi connectivity index (χ0v) is 16.1. The van der Waals surface area contributed by atoms with Gasteiger partial charge in [0.15, 0.2) is 6.61 Å². The number of nitrogens with zero attached hydrogens (tertiary/aromatic N) is 1. The van der Waals surface area contributed by atoms with Crippen molar-refractivity contribution >= 4 is 46.9 Å². The molecule has 1 N–H and O–H groups in total. The first-order valence-corrected chi connectivity index (χ1v) is 9.38. The molecule has 1 saturated carbocycles. The molecule has 7 nitrogen and oxygen atoms in total. The fourth-order valence-electron chi connectivity index (χ4n) is 3.31. The highest BCUT2D eigenvalue weighted by Crippen LogP contribution is 2.32. The van der Waals surface area contributed by atoms with Gasteiger partial charge >= 0.3 is 5.97 Å². The first-order valence-electron chi connectivity index (χ1n) is 8.62. The second-order valence-corrected chi connectivity index (χ2v) is 7.44. The predicted molar refractivity (Wildman–Crippen MR) is 97.8 cm³/mol. The van der Waals surface area contributed by atoms with Gasteiger partial charge in [-0.1, -0.05) is 36.0 Å². The number of rotatable bonds is 5. The number of carbonyl (C=O) groups is 4. The summed E-state index contributed by atoms with van der Waals surface area (Å²) in [7, 11) is 0. The van der Waals surface area contributed by atoms with E-state index in [2.05, 4.69) is 5.32 Å². The van der Waals surface area contributed by atoms with Crippen LogP contribution in [0.4, 0.5) is 0 Å². The molecule has 3 rings (SSSR count). The summed E-state index contributed by atoms with van der Waals surface area (Å²) in [6, 6.07) is 1.52. The summed E-state index contributed by atoms with van der Waals surface area (Å²) < 4.78 is 4.98. The van der Waals surface area contributed by atoms with Gasteiger partial charge in [-0.25, -0.2) is 4.79 Å². The average molecular weight is 413 g/mol. The first-order chi connectivity index (χ1) is 12.8. The topological polar surface area (TPSA) is 92.8 Å². The lowest BCUT2D eigenvalue weighted by molar-refractivity contribution is -0.152. The van der Waals surface area contributed by atoms with Crippen LogP contribution in [0.25, 0.3) is 0 Å². The van der Waals surface area contributed by atoms with Crippen LogP contribution in [0.1, 0.15) is 53.3 Å². The standard InChI is InChI=1S/C18H18Cl2N2O5/c1-9(18(26)27-8-15(23)21-10-4-2-3-5-10)22-16(24)11-6-13(19)14(20)7-12(11)17(22)25/h6-7,9-10H,2-5,8H2,1H3,(H,21,23)/t9-/m0/s1. The van der Waals surface area contributed by atoms with Crippen molar-refractivity contribution in [2.24, 2.45) is 0 Å². The predicted octanol–water partition coefficient (Wildman–Crippen LogP) is 2.58. The summed E-state index contributed by atoms with van der Waals surface area (Å²) in [6.07, 6.45) is 3.96. The maximum Gasteiger partial charge on any atom is 0.329 e. The molecule has 1 atom stereocenters. The molecule has 0 aromatic heterocycles. The van der Waals surface area contributed by atoms with Gasteiger partial charge in [0.05, 0.1) is 21.2 Å². The van der Waals surface area contributed by atoms with Crippen LogP contribution in [0.2, 0.25) is 10.0 Å². The van der Waals surface area contributed by atoms with Crippen LogP contribution >= 0.6 is 23.2 Å². The molecular weight excluding hydrogens is 395 g/mol. The van der Waals surface area contributed by atoms with Crippen LogP contribution in [-0.4, -0.2) is 47.3 Å². The molecule has 1 aliphatic carbocycles. The number of amides is 3. The first kappa shape index (κ1) is 19.6. The summed E-state index contributed by atoms with van der Waals surface area (Å²) >= 11 is 11.8. The SMILES string of the molecule is C[C@@H](C(=O)OCC(=O)NC1CCCC1)N1C(=O)c2cc(Cl)c(Cl)cc2C1=O. The highest BCUT2D eigenvalue weighted by molar-refractivity contribution is 6.43. The molecular formula is C18H18Cl2N2O5. The van der Waals surface area contributed by atoms with Crippen LogP contribution in [-0.2, 0) is 14.3 Å². The van der Waals surface area contributed by atoms with Gasteiger partial charge in [0.2, 0.25) is 0 Å². The van der Waals surface area contributed by atoms with E-state index in [4.69, 9.17) is 27.9 Å².